The fourth-order valence-corrected chi connectivity index (χ4v) is 0.716. The second-order valence-electron chi connectivity index (χ2n) is 1.69. The SMILES string of the molecule is O=CCCn1[nH]nnc1=S. The number of tetrazole rings is 1. The summed E-state index contributed by atoms with van der Waals surface area (Å²) in [4.78, 5) is 9.91. The molecule has 1 N–H and O–H groups in total. The van der Waals surface area contributed by atoms with E-state index in [0.29, 0.717) is 17.7 Å². The van der Waals surface area contributed by atoms with Crippen LogP contribution in [0.15, 0.2) is 0 Å². The zero-order valence-corrected chi connectivity index (χ0v) is 5.97. The lowest BCUT2D eigenvalue weighted by Gasteiger charge is -1.92. The van der Waals surface area contributed by atoms with E-state index in [0.717, 1.165) is 6.29 Å². The van der Waals surface area contributed by atoms with Crippen molar-refractivity contribution in [2.24, 2.45) is 0 Å². The van der Waals surface area contributed by atoms with Crippen LogP contribution < -0.4 is 0 Å². The number of hydrogen-bond acceptors (Lipinski definition) is 4. The lowest BCUT2D eigenvalue weighted by molar-refractivity contribution is -0.108. The highest BCUT2D eigenvalue weighted by Crippen LogP contribution is 1.84. The largest absolute Gasteiger partial charge is 0.303 e. The maximum Gasteiger partial charge on any atom is 0.238 e. The molecule has 0 bridgehead atoms. The summed E-state index contributed by atoms with van der Waals surface area (Å²) in [7, 11) is 0. The van der Waals surface area contributed by atoms with Crippen molar-refractivity contribution in [3.8, 4) is 0 Å². The quantitative estimate of drug-likeness (QED) is 0.494. The molecule has 1 aromatic rings. The Morgan fingerprint density at radius 1 is 1.80 bits per heavy atom. The van der Waals surface area contributed by atoms with Gasteiger partial charge in [-0.3, -0.25) is 0 Å². The van der Waals surface area contributed by atoms with Gasteiger partial charge in [0.2, 0.25) is 4.77 Å². The summed E-state index contributed by atoms with van der Waals surface area (Å²) < 4.78 is 1.91. The Bertz CT molecular complexity index is 264. The monoisotopic (exact) mass is 158 g/mol. The Balaban J connectivity index is 2.65. The number of hydrogen-bond donors (Lipinski definition) is 1. The van der Waals surface area contributed by atoms with E-state index in [1.807, 2.05) is 0 Å². The number of aromatic nitrogens is 4. The van der Waals surface area contributed by atoms with Crippen LogP contribution in [0.1, 0.15) is 6.42 Å². The van der Waals surface area contributed by atoms with Crippen LogP contribution in [-0.2, 0) is 11.3 Å². The molecule has 0 saturated heterocycles. The van der Waals surface area contributed by atoms with Gasteiger partial charge in [-0.1, -0.05) is 10.3 Å². The molecule has 0 saturated carbocycles. The number of aldehydes is 1. The molecule has 0 unspecified atom stereocenters. The van der Waals surface area contributed by atoms with Gasteiger partial charge < -0.3 is 4.79 Å². The highest BCUT2D eigenvalue weighted by atomic mass is 32.1. The molecular weight excluding hydrogens is 152 g/mol. The van der Waals surface area contributed by atoms with Crippen LogP contribution in [0.4, 0.5) is 0 Å². The van der Waals surface area contributed by atoms with E-state index in [1.54, 1.807) is 0 Å². The minimum Gasteiger partial charge on any atom is -0.303 e. The summed E-state index contributed by atoms with van der Waals surface area (Å²) in [5.41, 5.74) is 0. The summed E-state index contributed by atoms with van der Waals surface area (Å²) in [5.74, 6) is 0. The normalized spacial score (nSPS) is 9.60. The molecule has 1 rings (SSSR count). The van der Waals surface area contributed by atoms with Gasteiger partial charge in [-0.05, 0) is 12.2 Å². The van der Waals surface area contributed by atoms with Crippen LogP contribution >= 0.6 is 12.2 Å². The summed E-state index contributed by atoms with van der Waals surface area (Å²) >= 11 is 4.74. The van der Waals surface area contributed by atoms with E-state index >= 15 is 0 Å². The van der Waals surface area contributed by atoms with Crippen LogP contribution in [0.25, 0.3) is 0 Å². The Hall–Kier alpha value is -1.04. The molecule has 0 atom stereocenters. The second kappa shape index (κ2) is 3.21. The lowest BCUT2D eigenvalue weighted by atomic mass is 10.5. The van der Waals surface area contributed by atoms with Gasteiger partial charge in [0.1, 0.15) is 6.29 Å². The molecule has 0 aliphatic carbocycles. The Kier molecular flexibility index (Phi) is 2.27. The van der Waals surface area contributed by atoms with E-state index in [-0.39, 0.29) is 0 Å². The van der Waals surface area contributed by atoms with Crippen molar-refractivity contribution in [2.75, 3.05) is 0 Å². The van der Waals surface area contributed by atoms with Crippen LogP contribution in [0.2, 0.25) is 0 Å². The molecule has 0 amide bonds. The molecule has 10 heavy (non-hydrogen) atoms. The smallest absolute Gasteiger partial charge is 0.238 e. The number of carbonyl (C=O) groups is 1. The molecule has 0 aliphatic rings. The van der Waals surface area contributed by atoms with Gasteiger partial charge >= 0.3 is 0 Å². The average molecular weight is 158 g/mol. The molecular formula is C4H6N4OS. The van der Waals surface area contributed by atoms with E-state index in [4.69, 9.17) is 12.2 Å². The van der Waals surface area contributed by atoms with Crippen LogP contribution in [0.3, 0.4) is 0 Å². The molecule has 1 heterocycles. The summed E-state index contributed by atoms with van der Waals surface area (Å²) in [6.45, 7) is 0.523. The van der Waals surface area contributed by atoms with Crippen molar-refractivity contribution in [1.29, 1.82) is 0 Å². The Labute approximate surface area is 62.0 Å². The fraction of sp³-hybridized carbons (Fsp3) is 0.500. The molecule has 0 aromatic carbocycles. The number of rotatable bonds is 3. The Morgan fingerprint density at radius 3 is 3.10 bits per heavy atom. The zero-order valence-electron chi connectivity index (χ0n) is 5.15. The highest BCUT2D eigenvalue weighted by Gasteiger charge is 1.91. The van der Waals surface area contributed by atoms with E-state index in [1.165, 1.54) is 4.68 Å². The third kappa shape index (κ3) is 1.47. The molecule has 54 valence electrons. The third-order valence-corrected chi connectivity index (χ3v) is 1.30. The fourth-order valence-electron chi connectivity index (χ4n) is 0.543. The first kappa shape index (κ1) is 7.07. The first-order chi connectivity index (χ1) is 4.84. The molecule has 1 aromatic heterocycles. The standard InChI is InChI=1S/C4H6N4OS/c9-3-1-2-8-4(10)5-6-7-8/h3H,1-2H2,(H,5,7,10). The van der Waals surface area contributed by atoms with Gasteiger partial charge in [-0.2, -0.15) is 5.21 Å². The molecule has 0 radical (unpaired) electrons. The van der Waals surface area contributed by atoms with Crippen molar-refractivity contribution in [2.45, 2.75) is 13.0 Å². The lowest BCUT2D eigenvalue weighted by Crippen LogP contribution is -2.00. The molecule has 0 aliphatic heterocycles. The van der Waals surface area contributed by atoms with Gasteiger partial charge in [0.05, 0.1) is 6.54 Å². The summed E-state index contributed by atoms with van der Waals surface area (Å²) in [5, 5.41) is 9.50. The van der Waals surface area contributed by atoms with Crippen molar-refractivity contribution in [3.05, 3.63) is 4.77 Å². The maximum absolute atomic E-state index is 9.91. The van der Waals surface area contributed by atoms with Crippen LogP contribution in [-0.4, -0.2) is 26.5 Å². The van der Waals surface area contributed by atoms with Crippen LogP contribution in [0.5, 0.6) is 0 Å². The van der Waals surface area contributed by atoms with E-state index in [9.17, 15) is 4.79 Å². The summed E-state index contributed by atoms with van der Waals surface area (Å²) in [6.07, 6.45) is 1.25. The molecule has 0 spiro atoms. The van der Waals surface area contributed by atoms with Crippen molar-refractivity contribution < 1.29 is 4.79 Å². The topological polar surface area (TPSA) is 63.6 Å². The summed E-state index contributed by atoms with van der Waals surface area (Å²) in [6, 6.07) is 0. The predicted octanol–water partition coefficient (Wildman–Crippen LogP) is -0.0753. The number of aryl methyl sites for hydroxylation is 1. The van der Waals surface area contributed by atoms with Gasteiger partial charge in [0.15, 0.2) is 0 Å². The average Bonchev–Trinajstić information content (AvgIpc) is 2.31. The van der Waals surface area contributed by atoms with Crippen LogP contribution in [0, 0.1) is 4.77 Å². The first-order valence-electron chi connectivity index (χ1n) is 2.76. The number of nitrogens with one attached hydrogen (secondary N) is 1. The predicted molar refractivity (Wildman–Crippen MR) is 35.9 cm³/mol. The second-order valence-corrected chi connectivity index (χ2v) is 2.05. The number of carbonyl (C=O) groups excluding carboxylic acids is 1. The minimum absolute atomic E-state index is 0.377. The van der Waals surface area contributed by atoms with Gasteiger partial charge in [-0.25, -0.2) is 4.68 Å². The zero-order chi connectivity index (χ0) is 7.40. The maximum atomic E-state index is 9.91. The molecule has 6 heteroatoms. The van der Waals surface area contributed by atoms with E-state index in [2.05, 4.69) is 15.5 Å². The number of nitrogens with zero attached hydrogens (tertiary/aromatic N) is 3. The first-order valence-corrected chi connectivity index (χ1v) is 3.17. The number of H-pyrrole nitrogens is 1. The van der Waals surface area contributed by atoms with Crippen molar-refractivity contribution in [3.63, 3.8) is 0 Å². The van der Waals surface area contributed by atoms with Gasteiger partial charge in [0, 0.05) is 6.42 Å². The van der Waals surface area contributed by atoms with E-state index < -0.39 is 0 Å². The number of aromatic amines is 1. The molecule has 5 nitrogen and oxygen atoms in total. The minimum atomic E-state index is 0.377. The molecule has 0 fully saturated rings. The Morgan fingerprint density at radius 2 is 2.60 bits per heavy atom. The van der Waals surface area contributed by atoms with Gasteiger partial charge in [0.25, 0.3) is 0 Å². The van der Waals surface area contributed by atoms with Crippen molar-refractivity contribution in [1.82, 2.24) is 20.2 Å². The van der Waals surface area contributed by atoms with Crippen molar-refractivity contribution >= 4 is 18.5 Å². The third-order valence-electron chi connectivity index (χ3n) is 1.00. The highest BCUT2D eigenvalue weighted by molar-refractivity contribution is 7.71. The van der Waals surface area contributed by atoms with Gasteiger partial charge in [-0.15, -0.1) is 0 Å².